The molecule has 150 valence electrons. The van der Waals surface area contributed by atoms with Gasteiger partial charge in [0.1, 0.15) is 11.5 Å². The van der Waals surface area contributed by atoms with Gasteiger partial charge in [0, 0.05) is 22.4 Å². The molecule has 6 heteroatoms. The van der Waals surface area contributed by atoms with E-state index >= 15 is 0 Å². The zero-order chi connectivity index (χ0) is 20.7. The van der Waals surface area contributed by atoms with Crippen LogP contribution in [0.3, 0.4) is 0 Å². The third kappa shape index (κ3) is 5.76. The number of thioether (sulfide) groups is 1. The molecule has 0 saturated carbocycles. The van der Waals surface area contributed by atoms with Gasteiger partial charge in [-0.15, -0.1) is 11.8 Å². The van der Waals surface area contributed by atoms with Gasteiger partial charge in [-0.05, 0) is 45.0 Å². The molecule has 2 rings (SSSR count). The van der Waals surface area contributed by atoms with Crippen molar-refractivity contribution in [2.24, 2.45) is 0 Å². The molecule has 0 aliphatic heterocycles. The molecule has 2 aromatic rings. The number of hydrogen-bond donors (Lipinski definition) is 1. The summed E-state index contributed by atoms with van der Waals surface area (Å²) in [6, 6.07) is 11.1. The quantitative estimate of drug-likeness (QED) is 0.634. The van der Waals surface area contributed by atoms with Crippen LogP contribution >= 0.6 is 11.8 Å². The minimum Gasteiger partial charge on any atom is -0.496 e. The monoisotopic (exact) mass is 401 g/mol. The molecule has 0 aliphatic rings. The van der Waals surface area contributed by atoms with Crippen molar-refractivity contribution in [1.82, 2.24) is 5.32 Å². The highest BCUT2D eigenvalue weighted by Gasteiger charge is 2.15. The summed E-state index contributed by atoms with van der Waals surface area (Å²) in [5, 5.41) is 3.02. The first-order chi connectivity index (χ1) is 13.3. The van der Waals surface area contributed by atoms with Crippen molar-refractivity contribution in [2.75, 3.05) is 20.0 Å². The Bertz CT molecular complexity index is 850. The summed E-state index contributed by atoms with van der Waals surface area (Å²) in [6.45, 7) is 5.49. The Morgan fingerprint density at radius 2 is 1.75 bits per heavy atom. The van der Waals surface area contributed by atoms with E-state index in [1.54, 1.807) is 26.4 Å². The third-order valence-corrected chi connectivity index (χ3v) is 5.39. The van der Waals surface area contributed by atoms with Crippen molar-refractivity contribution in [3.05, 3.63) is 58.7 Å². The molecular formula is C22H27NO4S. The van der Waals surface area contributed by atoms with E-state index < -0.39 is 0 Å². The van der Waals surface area contributed by atoms with Gasteiger partial charge in [0.05, 0.1) is 26.0 Å². The van der Waals surface area contributed by atoms with Crippen LogP contribution < -0.4 is 14.8 Å². The number of rotatable bonds is 9. The molecule has 1 amide bonds. The second kappa shape index (κ2) is 10.2. The third-order valence-electron chi connectivity index (χ3n) is 4.41. The van der Waals surface area contributed by atoms with Crippen molar-refractivity contribution in [1.29, 1.82) is 0 Å². The second-order valence-corrected chi connectivity index (χ2v) is 7.60. The predicted molar refractivity (Wildman–Crippen MR) is 113 cm³/mol. The summed E-state index contributed by atoms with van der Waals surface area (Å²) in [6.07, 6.45) is 0. The summed E-state index contributed by atoms with van der Waals surface area (Å²) in [4.78, 5) is 24.0. The maximum absolute atomic E-state index is 12.4. The number of nitrogens with one attached hydrogen (secondary N) is 1. The summed E-state index contributed by atoms with van der Waals surface area (Å²) < 4.78 is 10.8. The highest BCUT2D eigenvalue weighted by atomic mass is 32.2. The SMILES string of the molecule is COc1ccc(C(C)=O)cc1CSCC(=O)N[C@H](C)c1cc(C)ccc1OC. The van der Waals surface area contributed by atoms with Crippen LogP contribution in [0.15, 0.2) is 36.4 Å². The maximum Gasteiger partial charge on any atom is 0.230 e. The van der Waals surface area contributed by atoms with E-state index in [4.69, 9.17) is 9.47 Å². The maximum atomic E-state index is 12.4. The van der Waals surface area contributed by atoms with Crippen molar-refractivity contribution >= 4 is 23.5 Å². The minimum atomic E-state index is -0.154. The standard InChI is InChI=1S/C22H27NO4S/c1-14-6-8-21(27-5)19(10-14)15(2)23-22(25)13-28-12-18-11-17(16(3)24)7-9-20(18)26-4/h6-11,15H,12-13H2,1-5H3,(H,23,25)/t15-/m1/s1. The molecule has 28 heavy (non-hydrogen) atoms. The number of ether oxygens (including phenoxy) is 2. The Labute approximate surface area is 170 Å². The van der Waals surface area contributed by atoms with E-state index in [2.05, 4.69) is 5.32 Å². The van der Waals surface area contributed by atoms with Gasteiger partial charge in [-0.3, -0.25) is 9.59 Å². The first kappa shape index (κ1) is 21.8. The molecule has 0 aromatic heterocycles. The fraction of sp³-hybridized carbons (Fsp3) is 0.364. The van der Waals surface area contributed by atoms with Crippen molar-refractivity contribution in [2.45, 2.75) is 32.6 Å². The second-order valence-electron chi connectivity index (χ2n) is 6.61. The number of Topliss-reactive ketones (excluding diaryl/α,β-unsaturated/α-hetero) is 1. The molecule has 0 radical (unpaired) electrons. The average molecular weight is 402 g/mol. The fourth-order valence-corrected chi connectivity index (χ4v) is 3.73. The number of carbonyl (C=O) groups is 2. The smallest absolute Gasteiger partial charge is 0.230 e. The highest BCUT2D eigenvalue weighted by Crippen LogP contribution is 2.27. The number of ketones is 1. The van der Waals surface area contributed by atoms with E-state index in [1.807, 2.05) is 38.1 Å². The molecule has 1 atom stereocenters. The van der Waals surface area contributed by atoms with Crippen LogP contribution in [0.4, 0.5) is 0 Å². The molecule has 0 spiro atoms. The molecule has 2 aromatic carbocycles. The van der Waals surface area contributed by atoms with Gasteiger partial charge in [0.2, 0.25) is 5.91 Å². The molecule has 0 fully saturated rings. The summed E-state index contributed by atoms with van der Waals surface area (Å²) >= 11 is 1.48. The largest absolute Gasteiger partial charge is 0.496 e. The molecule has 0 heterocycles. The zero-order valence-corrected chi connectivity index (χ0v) is 17.8. The number of methoxy groups -OCH3 is 2. The van der Waals surface area contributed by atoms with Gasteiger partial charge >= 0.3 is 0 Å². The Kier molecular flexibility index (Phi) is 7.93. The van der Waals surface area contributed by atoms with Crippen molar-refractivity contribution in [3.8, 4) is 11.5 Å². The molecule has 1 N–H and O–H groups in total. The molecule has 0 saturated heterocycles. The van der Waals surface area contributed by atoms with E-state index in [0.717, 1.165) is 28.2 Å². The summed E-state index contributed by atoms with van der Waals surface area (Å²) in [5.74, 6) is 2.33. The lowest BCUT2D eigenvalue weighted by atomic mass is 10.0. The van der Waals surface area contributed by atoms with Crippen molar-refractivity contribution in [3.63, 3.8) is 0 Å². The topological polar surface area (TPSA) is 64.6 Å². The van der Waals surface area contributed by atoms with Gasteiger partial charge in [-0.2, -0.15) is 0 Å². The molecule has 0 aliphatic carbocycles. The molecular weight excluding hydrogens is 374 g/mol. The highest BCUT2D eigenvalue weighted by molar-refractivity contribution is 7.99. The van der Waals surface area contributed by atoms with E-state index in [1.165, 1.54) is 18.7 Å². The van der Waals surface area contributed by atoms with Gasteiger partial charge in [-0.25, -0.2) is 0 Å². The van der Waals surface area contributed by atoms with E-state index in [0.29, 0.717) is 17.1 Å². The number of hydrogen-bond acceptors (Lipinski definition) is 5. The first-order valence-corrected chi connectivity index (χ1v) is 10.2. The summed E-state index contributed by atoms with van der Waals surface area (Å²) in [5.41, 5.74) is 3.61. The minimum absolute atomic E-state index is 0.00701. The predicted octanol–water partition coefficient (Wildman–Crippen LogP) is 4.33. The van der Waals surface area contributed by atoms with Crippen molar-refractivity contribution < 1.29 is 19.1 Å². The summed E-state index contributed by atoms with van der Waals surface area (Å²) in [7, 11) is 3.22. The number of benzene rings is 2. The normalized spacial score (nSPS) is 11.6. The molecule has 0 bridgehead atoms. The number of amides is 1. The van der Waals surface area contributed by atoms with Crippen LogP contribution in [0.5, 0.6) is 11.5 Å². The van der Waals surface area contributed by atoms with Gasteiger partial charge in [0.15, 0.2) is 5.78 Å². The van der Waals surface area contributed by atoms with Crippen LogP contribution in [-0.2, 0) is 10.5 Å². The van der Waals surface area contributed by atoms with Gasteiger partial charge in [-0.1, -0.05) is 17.7 Å². The Morgan fingerprint density at radius 1 is 1.07 bits per heavy atom. The lowest BCUT2D eigenvalue weighted by molar-refractivity contribution is -0.119. The molecule has 0 unspecified atom stereocenters. The van der Waals surface area contributed by atoms with Crippen LogP contribution in [0, 0.1) is 6.92 Å². The van der Waals surface area contributed by atoms with Gasteiger partial charge in [0.25, 0.3) is 0 Å². The Balaban J connectivity index is 1.95. The zero-order valence-electron chi connectivity index (χ0n) is 17.0. The van der Waals surface area contributed by atoms with E-state index in [-0.39, 0.29) is 17.7 Å². The Hall–Kier alpha value is -2.47. The number of aryl methyl sites for hydroxylation is 1. The van der Waals surface area contributed by atoms with Crippen LogP contribution in [0.1, 0.15) is 46.9 Å². The first-order valence-electron chi connectivity index (χ1n) is 9.05. The van der Waals surface area contributed by atoms with E-state index in [9.17, 15) is 9.59 Å². The van der Waals surface area contributed by atoms with Crippen LogP contribution in [0.25, 0.3) is 0 Å². The fourth-order valence-electron chi connectivity index (χ4n) is 2.92. The lowest BCUT2D eigenvalue weighted by Gasteiger charge is -2.18. The van der Waals surface area contributed by atoms with Gasteiger partial charge < -0.3 is 14.8 Å². The molecule has 5 nitrogen and oxygen atoms in total. The van der Waals surface area contributed by atoms with Crippen LogP contribution in [-0.4, -0.2) is 31.7 Å². The Morgan fingerprint density at radius 3 is 2.39 bits per heavy atom. The average Bonchev–Trinajstić information content (AvgIpc) is 2.67. The van der Waals surface area contributed by atoms with Crippen LogP contribution in [0.2, 0.25) is 0 Å². The number of carbonyl (C=O) groups excluding carboxylic acids is 2. The lowest BCUT2D eigenvalue weighted by Crippen LogP contribution is -2.28.